The molecule has 23 heavy (non-hydrogen) atoms. The number of hydrogen-bond acceptors (Lipinski definition) is 3. The van der Waals surface area contributed by atoms with Gasteiger partial charge in [-0.25, -0.2) is 4.39 Å². The molecule has 0 aliphatic heterocycles. The number of carbonyl (C=O) groups is 1. The highest BCUT2D eigenvalue weighted by Crippen LogP contribution is 2.29. The molecule has 1 atom stereocenters. The summed E-state index contributed by atoms with van der Waals surface area (Å²) in [7, 11) is 1.91. The standard InChI is InChI=1S/C16H17ClFN3O2/c1-21-14-4-2-3-13(11(14)8-19-21)20-16(22)9-23-15-6-5-10(18)7-12(15)17/h5-8,13H,2-4,9H2,1H3,(H,20,22)/t13-/m0/s1. The molecule has 1 aromatic carbocycles. The molecule has 1 N–H and O–H groups in total. The lowest BCUT2D eigenvalue weighted by Gasteiger charge is -2.23. The van der Waals surface area contributed by atoms with Gasteiger partial charge in [0.15, 0.2) is 6.61 Å². The monoisotopic (exact) mass is 337 g/mol. The van der Waals surface area contributed by atoms with Crippen LogP contribution in [-0.2, 0) is 18.3 Å². The first kappa shape index (κ1) is 15.8. The molecule has 1 aliphatic rings. The second kappa shape index (κ2) is 6.58. The summed E-state index contributed by atoms with van der Waals surface area (Å²) in [6, 6.07) is 3.75. The topological polar surface area (TPSA) is 56.2 Å². The Balaban J connectivity index is 1.60. The number of carbonyl (C=O) groups excluding carboxylic acids is 1. The second-order valence-corrected chi connectivity index (χ2v) is 5.95. The number of amides is 1. The normalized spacial score (nSPS) is 16.7. The van der Waals surface area contributed by atoms with Crippen LogP contribution in [0.2, 0.25) is 5.02 Å². The number of nitrogens with zero attached hydrogens (tertiary/aromatic N) is 2. The van der Waals surface area contributed by atoms with Gasteiger partial charge in [0, 0.05) is 18.3 Å². The van der Waals surface area contributed by atoms with E-state index in [2.05, 4.69) is 10.4 Å². The molecule has 0 saturated heterocycles. The van der Waals surface area contributed by atoms with E-state index in [1.807, 2.05) is 11.7 Å². The van der Waals surface area contributed by atoms with Gasteiger partial charge in [0.25, 0.3) is 5.91 Å². The molecule has 0 saturated carbocycles. The third-order valence-electron chi connectivity index (χ3n) is 3.96. The molecular weight excluding hydrogens is 321 g/mol. The van der Waals surface area contributed by atoms with Crippen molar-refractivity contribution >= 4 is 17.5 Å². The van der Waals surface area contributed by atoms with Gasteiger partial charge in [-0.3, -0.25) is 9.48 Å². The molecule has 2 aromatic rings. The molecule has 0 fully saturated rings. The van der Waals surface area contributed by atoms with Crippen LogP contribution in [0.5, 0.6) is 5.75 Å². The van der Waals surface area contributed by atoms with E-state index in [1.165, 1.54) is 12.1 Å². The molecule has 0 radical (unpaired) electrons. The first-order chi connectivity index (χ1) is 11.0. The smallest absolute Gasteiger partial charge is 0.258 e. The highest BCUT2D eigenvalue weighted by atomic mass is 35.5. The van der Waals surface area contributed by atoms with Crippen molar-refractivity contribution in [3.63, 3.8) is 0 Å². The van der Waals surface area contributed by atoms with Gasteiger partial charge in [-0.15, -0.1) is 0 Å². The number of aromatic nitrogens is 2. The summed E-state index contributed by atoms with van der Waals surface area (Å²) in [5.74, 6) is -0.404. The van der Waals surface area contributed by atoms with Crippen molar-refractivity contribution in [1.29, 1.82) is 0 Å². The average Bonchev–Trinajstić information content (AvgIpc) is 2.89. The van der Waals surface area contributed by atoms with Crippen LogP contribution in [0.3, 0.4) is 0 Å². The summed E-state index contributed by atoms with van der Waals surface area (Å²) in [5, 5.41) is 7.35. The zero-order chi connectivity index (χ0) is 16.4. The van der Waals surface area contributed by atoms with Crippen molar-refractivity contribution in [3.8, 4) is 5.75 Å². The molecule has 1 aromatic heterocycles. The quantitative estimate of drug-likeness (QED) is 0.933. The number of rotatable bonds is 4. The predicted molar refractivity (Wildman–Crippen MR) is 83.9 cm³/mol. The zero-order valence-corrected chi connectivity index (χ0v) is 13.4. The van der Waals surface area contributed by atoms with Gasteiger partial charge in [0.05, 0.1) is 17.3 Å². The van der Waals surface area contributed by atoms with Crippen molar-refractivity contribution < 1.29 is 13.9 Å². The number of fused-ring (bicyclic) bond motifs is 1. The number of ether oxygens (including phenoxy) is 1. The van der Waals surface area contributed by atoms with Crippen LogP contribution in [0, 0.1) is 5.82 Å². The van der Waals surface area contributed by atoms with Crippen molar-refractivity contribution in [2.45, 2.75) is 25.3 Å². The van der Waals surface area contributed by atoms with Crippen LogP contribution in [0.4, 0.5) is 4.39 Å². The summed E-state index contributed by atoms with van der Waals surface area (Å²) in [6.45, 7) is -0.169. The molecular formula is C16H17ClFN3O2. The van der Waals surface area contributed by atoms with Crippen molar-refractivity contribution in [2.75, 3.05) is 6.61 Å². The average molecular weight is 338 g/mol. The molecule has 1 amide bonds. The van der Waals surface area contributed by atoms with E-state index in [-0.39, 0.29) is 29.3 Å². The summed E-state index contributed by atoms with van der Waals surface area (Å²) in [5.41, 5.74) is 2.22. The van der Waals surface area contributed by atoms with E-state index >= 15 is 0 Å². The number of benzene rings is 1. The summed E-state index contributed by atoms with van der Waals surface area (Å²) < 4.78 is 20.2. The maximum Gasteiger partial charge on any atom is 0.258 e. The number of hydrogen-bond donors (Lipinski definition) is 1. The van der Waals surface area contributed by atoms with E-state index < -0.39 is 5.82 Å². The van der Waals surface area contributed by atoms with Crippen LogP contribution < -0.4 is 10.1 Å². The minimum atomic E-state index is -0.446. The highest BCUT2D eigenvalue weighted by Gasteiger charge is 2.24. The van der Waals surface area contributed by atoms with Gasteiger partial charge in [0.2, 0.25) is 0 Å². The Morgan fingerprint density at radius 1 is 1.57 bits per heavy atom. The molecule has 3 rings (SSSR count). The van der Waals surface area contributed by atoms with Gasteiger partial charge < -0.3 is 10.1 Å². The van der Waals surface area contributed by atoms with Gasteiger partial charge >= 0.3 is 0 Å². The van der Waals surface area contributed by atoms with E-state index in [4.69, 9.17) is 16.3 Å². The van der Waals surface area contributed by atoms with E-state index in [0.29, 0.717) is 0 Å². The maximum absolute atomic E-state index is 13.0. The van der Waals surface area contributed by atoms with Gasteiger partial charge in [0.1, 0.15) is 11.6 Å². The molecule has 5 nitrogen and oxygen atoms in total. The van der Waals surface area contributed by atoms with Crippen LogP contribution in [0.1, 0.15) is 30.1 Å². The summed E-state index contributed by atoms with van der Waals surface area (Å²) in [6.07, 6.45) is 4.65. The highest BCUT2D eigenvalue weighted by molar-refractivity contribution is 6.32. The molecule has 0 spiro atoms. The Morgan fingerprint density at radius 3 is 3.17 bits per heavy atom. The van der Waals surface area contributed by atoms with Crippen molar-refractivity contribution in [2.24, 2.45) is 7.05 Å². The number of nitrogens with one attached hydrogen (secondary N) is 1. The lowest BCUT2D eigenvalue weighted by atomic mass is 9.93. The van der Waals surface area contributed by atoms with Crippen LogP contribution >= 0.6 is 11.6 Å². The molecule has 1 aliphatic carbocycles. The summed E-state index contributed by atoms with van der Waals surface area (Å²) >= 11 is 5.87. The lowest BCUT2D eigenvalue weighted by molar-refractivity contribution is -0.123. The zero-order valence-electron chi connectivity index (χ0n) is 12.7. The minimum Gasteiger partial charge on any atom is -0.482 e. The fraction of sp³-hybridized carbons (Fsp3) is 0.375. The Hall–Kier alpha value is -2.08. The predicted octanol–water partition coefficient (Wildman–Crippen LogP) is 2.79. The Morgan fingerprint density at radius 2 is 2.39 bits per heavy atom. The van der Waals surface area contributed by atoms with Gasteiger partial charge in [-0.1, -0.05) is 11.6 Å². The Bertz CT molecular complexity index is 732. The fourth-order valence-electron chi connectivity index (χ4n) is 2.83. The Kier molecular flexibility index (Phi) is 4.52. The Labute approximate surface area is 138 Å². The lowest BCUT2D eigenvalue weighted by Crippen LogP contribution is -2.34. The molecule has 122 valence electrons. The minimum absolute atomic E-state index is 0.0489. The van der Waals surface area contributed by atoms with Crippen LogP contribution in [-0.4, -0.2) is 22.3 Å². The number of aryl methyl sites for hydroxylation is 1. The first-order valence-corrected chi connectivity index (χ1v) is 7.80. The van der Waals surface area contributed by atoms with Crippen LogP contribution in [0.15, 0.2) is 24.4 Å². The summed E-state index contributed by atoms with van der Waals surface area (Å²) in [4.78, 5) is 12.1. The number of halogens is 2. The molecule has 0 bridgehead atoms. The van der Waals surface area contributed by atoms with Crippen molar-refractivity contribution in [3.05, 3.63) is 46.5 Å². The third kappa shape index (κ3) is 3.47. The first-order valence-electron chi connectivity index (χ1n) is 7.42. The molecule has 0 unspecified atom stereocenters. The van der Waals surface area contributed by atoms with E-state index in [1.54, 1.807) is 6.20 Å². The SMILES string of the molecule is Cn1ncc2c1CCC[C@@H]2NC(=O)COc1ccc(F)cc1Cl. The fourth-order valence-corrected chi connectivity index (χ4v) is 3.05. The van der Waals surface area contributed by atoms with Gasteiger partial charge in [-0.2, -0.15) is 5.10 Å². The van der Waals surface area contributed by atoms with E-state index in [9.17, 15) is 9.18 Å². The molecule has 7 heteroatoms. The van der Waals surface area contributed by atoms with Crippen molar-refractivity contribution in [1.82, 2.24) is 15.1 Å². The van der Waals surface area contributed by atoms with Gasteiger partial charge in [-0.05, 0) is 37.5 Å². The maximum atomic E-state index is 13.0. The third-order valence-corrected chi connectivity index (χ3v) is 4.26. The van der Waals surface area contributed by atoms with Crippen LogP contribution in [0.25, 0.3) is 0 Å². The van der Waals surface area contributed by atoms with E-state index in [0.717, 1.165) is 36.6 Å². The largest absolute Gasteiger partial charge is 0.482 e. The second-order valence-electron chi connectivity index (χ2n) is 5.55. The molecule has 1 heterocycles.